The third-order valence-electron chi connectivity index (χ3n) is 2.80. The first-order valence-electron chi connectivity index (χ1n) is 5.60. The Morgan fingerprint density at radius 1 is 1.41 bits per heavy atom. The summed E-state index contributed by atoms with van der Waals surface area (Å²) in [5.41, 5.74) is 7.79. The molecule has 0 fully saturated rings. The molecule has 0 radical (unpaired) electrons. The molecule has 4 heteroatoms. The highest BCUT2D eigenvalue weighted by Gasteiger charge is 2.17. The maximum Gasteiger partial charge on any atom is 0.305 e. The summed E-state index contributed by atoms with van der Waals surface area (Å²) in [5, 5.41) is 8.72. The fourth-order valence-electron chi connectivity index (χ4n) is 1.85. The number of nitrogens with two attached hydrogens (primary N) is 1. The molecule has 1 aromatic carbocycles. The van der Waals surface area contributed by atoms with Gasteiger partial charge in [0.05, 0.1) is 6.42 Å². The van der Waals surface area contributed by atoms with E-state index in [1.54, 1.807) is 13.0 Å². The minimum atomic E-state index is -0.952. The van der Waals surface area contributed by atoms with Gasteiger partial charge in [-0.2, -0.15) is 0 Å². The number of hydrogen-bond acceptors (Lipinski definition) is 2. The van der Waals surface area contributed by atoms with Crippen LogP contribution in [0, 0.1) is 12.7 Å². The van der Waals surface area contributed by atoms with Crippen molar-refractivity contribution >= 4 is 5.97 Å². The molecule has 1 unspecified atom stereocenters. The average molecular weight is 239 g/mol. The Morgan fingerprint density at radius 2 is 2.00 bits per heavy atom. The maximum atomic E-state index is 13.7. The van der Waals surface area contributed by atoms with E-state index < -0.39 is 12.0 Å². The van der Waals surface area contributed by atoms with Crippen LogP contribution in [0.2, 0.25) is 0 Å². The molecule has 17 heavy (non-hydrogen) atoms. The van der Waals surface area contributed by atoms with Crippen molar-refractivity contribution in [3.63, 3.8) is 0 Å². The van der Waals surface area contributed by atoms with E-state index in [1.165, 1.54) is 6.07 Å². The Hall–Kier alpha value is -1.42. The molecule has 0 amide bonds. The lowest BCUT2D eigenvalue weighted by molar-refractivity contribution is -0.137. The van der Waals surface area contributed by atoms with E-state index in [0.29, 0.717) is 16.7 Å². The summed E-state index contributed by atoms with van der Waals surface area (Å²) in [4.78, 5) is 10.6. The molecule has 0 aromatic heterocycles. The van der Waals surface area contributed by atoms with Gasteiger partial charge in [0, 0.05) is 6.04 Å². The van der Waals surface area contributed by atoms with Crippen LogP contribution in [0.4, 0.5) is 4.39 Å². The van der Waals surface area contributed by atoms with Crippen LogP contribution in [0.25, 0.3) is 0 Å². The average Bonchev–Trinajstić information content (AvgIpc) is 2.15. The monoisotopic (exact) mass is 239 g/mol. The zero-order valence-corrected chi connectivity index (χ0v) is 10.3. The van der Waals surface area contributed by atoms with Gasteiger partial charge in [-0.1, -0.05) is 19.9 Å². The van der Waals surface area contributed by atoms with Gasteiger partial charge in [-0.15, -0.1) is 0 Å². The summed E-state index contributed by atoms with van der Waals surface area (Å²) in [6, 6.07) is 2.51. The van der Waals surface area contributed by atoms with Crippen molar-refractivity contribution in [2.75, 3.05) is 0 Å². The molecule has 0 saturated carbocycles. The summed E-state index contributed by atoms with van der Waals surface area (Å²) in [6.45, 7) is 5.52. The number of halogens is 1. The summed E-state index contributed by atoms with van der Waals surface area (Å²) in [6.07, 6.45) is -0.149. The highest BCUT2D eigenvalue weighted by Crippen LogP contribution is 2.26. The molecule has 94 valence electrons. The highest BCUT2D eigenvalue weighted by molar-refractivity contribution is 5.68. The van der Waals surface area contributed by atoms with Crippen molar-refractivity contribution in [3.8, 4) is 0 Å². The van der Waals surface area contributed by atoms with E-state index in [9.17, 15) is 9.18 Å². The van der Waals surface area contributed by atoms with Crippen LogP contribution in [0.1, 0.15) is 48.9 Å². The Morgan fingerprint density at radius 3 is 2.47 bits per heavy atom. The van der Waals surface area contributed by atoms with E-state index >= 15 is 0 Å². The third-order valence-corrected chi connectivity index (χ3v) is 2.80. The zero-order chi connectivity index (χ0) is 13.2. The predicted molar refractivity (Wildman–Crippen MR) is 64.4 cm³/mol. The lowest BCUT2D eigenvalue weighted by Gasteiger charge is -2.16. The fraction of sp³-hybridized carbons (Fsp3) is 0.462. The zero-order valence-electron chi connectivity index (χ0n) is 10.3. The normalized spacial score (nSPS) is 12.8. The van der Waals surface area contributed by atoms with E-state index in [4.69, 9.17) is 10.8 Å². The first-order chi connectivity index (χ1) is 7.82. The second kappa shape index (κ2) is 5.27. The Bertz CT molecular complexity index is 430. The number of hydrogen-bond donors (Lipinski definition) is 2. The van der Waals surface area contributed by atoms with Gasteiger partial charge in [-0.25, -0.2) is 4.39 Å². The second-order valence-electron chi connectivity index (χ2n) is 4.59. The van der Waals surface area contributed by atoms with Crippen molar-refractivity contribution in [2.24, 2.45) is 5.73 Å². The quantitative estimate of drug-likeness (QED) is 0.849. The van der Waals surface area contributed by atoms with Gasteiger partial charge in [-0.05, 0) is 35.6 Å². The SMILES string of the molecule is Cc1cc(F)c(C(C)C)cc1C(N)CC(=O)O. The summed E-state index contributed by atoms with van der Waals surface area (Å²) < 4.78 is 13.7. The van der Waals surface area contributed by atoms with Crippen molar-refractivity contribution in [2.45, 2.75) is 39.2 Å². The van der Waals surface area contributed by atoms with Crippen LogP contribution in [-0.2, 0) is 4.79 Å². The fourth-order valence-corrected chi connectivity index (χ4v) is 1.85. The molecule has 0 aliphatic heterocycles. The highest BCUT2D eigenvalue weighted by atomic mass is 19.1. The minimum absolute atomic E-state index is 0.0476. The van der Waals surface area contributed by atoms with Crippen LogP contribution < -0.4 is 5.73 Å². The Labute approximate surface area is 100 Å². The maximum absolute atomic E-state index is 13.7. The molecule has 0 spiro atoms. The predicted octanol–water partition coefficient (Wildman–Crippen LogP) is 2.73. The van der Waals surface area contributed by atoms with E-state index in [1.807, 2.05) is 13.8 Å². The Kier molecular flexibility index (Phi) is 4.23. The number of benzene rings is 1. The van der Waals surface area contributed by atoms with Crippen molar-refractivity contribution < 1.29 is 14.3 Å². The van der Waals surface area contributed by atoms with Crippen molar-refractivity contribution in [3.05, 3.63) is 34.6 Å². The van der Waals surface area contributed by atoms with E-state index in [2.05, 4.69) is 0 Å². The molecule has 0 saturated heterocycles. The molecule has 0 heterocycles. The van der Waals surface area contributed by atoms with Crippen LogP contribution in [0.15, 0.2) is 12.1 Å². The topological polar surface area (TPSA) is 63.3 Å². The molecule has 1 aromatic rings. The number of aliphatic carboxylic acids is 1. The first-order valence-corrected chi connectivity index (χ1v) is 5.60. The number of rotatable bonds is 4. The van der Waals surface area contributed by atoms with Gasteiger partial charge in [0.15, 0.2) is 0 Å². The van der Waals surface area contributed by atoms with Crippen molar-refractivity contribution in [1.82, 2.24) is 0 Å². The number of carboxylic acid groups (broad SMARTS) is 1. The first kappa shape index (κ1) is 13.6. The van der Waals surface area contributed by atoms with Crippen LogP contribution >= 0.6 is 0 Å². The van der Waals surface area contributed by atoms with Gasteiger partial charge in [-0.3, -0.25) is 4.79 Å². The molecular formula is C13H18FNO2. The molecular weight excluding hydrogens is 221 g/mol. The van der Waals surface area contributed by atoms with Gasteiger partial charge >= 0.3 is 5.97 Å². The second-order valence-corrected chi connectivity index (χ2v) is 4.59. The number of carboxylic acids is 1. The molecule has 3 nitrogen and oxygen atoms in total. The van der Waals surface area contributed by atoms with Crippen molar-refractivity contribution in [1.29, 1.82) is 0 Å². The standard InChI is InChI=1S/C13H18FNO2/c1-7(2)9-5-10(8(3)4-11(9)14)12(15)6-13(16)17/h4-5,7,12H,6,15H2,1-3H3,(H,16,17). The van der Waals surface area contributed by atoms with Crippen LogP contribution in [-0.4, -0.2) is 11.1 Å². The smallest absolute Gasteiger partial charge is 0.305 e. The number of carbonyl (C=O) groups is 1. The molecule has 1 atom stereocenters. The van der Waals surface area contributed by atoms with Gasteiger partial charge in [0.1, 0.15) is 5.82 Å². The molecule has 3 N–H and O–H groups in total. The van der Waals surface area contributed by atoms with E-state index in [0.717, 1.165) is 0 Å². The lowest BCUT2D eigenvalue weighted by atomic mass is 9.92. The van der Waals surface area contributed by atoms with Gasteiger partial charge < -0.3 is 10.8 Å². The molecule has 0 aliphatic rings. The molecule has 0 bridgehead atoms. The molecule has 0 aliphatic carbocycles. The summed E-state index contributed by atoms with van der Waals surface area (Å²) in [5.74, 6) is -1.16. The Balaban J connectivity index is 3.15. The van der Waals surface area contributed by atoms with Crippen LogP contribution in [0.5, 0.6) is 0 Å². The van der Waals surface area contributed by atoms with Crippen LogP contribution in [0.3, 0.4) is 0 Å². The minimum Gasteiger partial charge on any atom is -0.481 e. The van der Waals surface area contributed by atoms with Gasteiger partial charge in [0.2, 0.25) is 0 Å². The third kappa shape index (κ3) is 3.27. The lowest BCUT2D eigenvalue weighted by Crippen LogP contribution is -2.17. The van der Waals surface area contributed by atoms with Gasteiger partial charge in [0.25, 0.3) is 0 Å². The van der Waals surface area contributed by atoms with E-state index in [-0.39, 0.29) is 18.2 Å². The summed E-state index contributed by atoms with van der Waals surface area (Å²) in [7, 11) is 0. The largest absolute Gasteiger partial charge is 0.481 e. The number of aryl methyl sites for hydroxylation is 1. The molecule has 1 rings (SSSR count). The summed E-state index contributed by atoms with van der Waals surface area (Å²) >= 11 is 0.